The largest absolute Gasteiger partial charge is 0.351 e. The molecule has 1 N–H and O–H groups in total. The lowest BCUT2D eigenvalue weighted by Crippen LogP contribution is -2.57. The van der Waals surface area contributed by atoms with Crippen LogP contribution in [0.1, 0.15) is 46.9 Å². The summed E-state index contributed by atoms with van der Waals surface area (Å²) in [5.74, 6) is -0.0710. The summed E-state index contributed by atoms with van der Waals surface area (Å²) in [4.78, 5) is 31.1. The minimum Gasteiger partial charge on any atom is -0.351 e. The quantitative estimate of drug-likeness (QED) is 0.777. The highest BCUT2D eigenvalue weighted by Gasteiger charge is 2.38. The first-order valence-electron chi connectivity index (χ1n) is 9.79. The molecule has 28 heavy (non-hydrogen) atoms. The number of benzene rings is 2. The van der Waals surface area contributed by atoms with Gasteiger partial charge >= 0.3 is 0 Å². The Labute approximate surface area is 170 Å². The number of fused-ring (bicyclic) bond motifs is 2. The van der Waals surface area contributed by atoms with Gasteiger partial charge in [-0.1, -0.05) is 0 Å². The highest BCUT2D eigenvalue weighted by Crippen LogP contribution is 2.35. The van der Waals surface area contributed by atoms with Gasteiger partial charge in [0.2, 0.25) is 0 Å². The van der Waals surface area contributed by atoms with E-state index in [1.807, 2.05) is 41.5 Å². The molecule has 0 radical (unpaired) electrons. The SMILES string of the molecule is CCN1c2cc(C(=O)Nc3ccc(SC)cc3)ccc2C(=O)N2CCCCC21. The number of hydrogen-bond donors (Lipinski definition) is 1. The van der Waals surface area contributed by atoms with Crippen molar-refractivity contribution in [1.29, 1.82) is 0 Å². The lowest BCUT2D eigenvalue weighted by Gasteiger charge is -2.47. The smallest absolute Gasteiger partial charge is 0.257 e. The summed E-state index contributed by atoms with van der Waals surface area (Å²) in [7, 11) is 0. The lowest BCUT2D eigenvalue weighted by molar-refractivity contribution is 0.0582. The van der Waals surface area contributed by atoms with Gasteiger partial charge in [-0.15, -0.1) is 11.8 Å². The van der Waals surface area contributed by atoms with Gasteiger partial charge in [-0.25, -0.2) is 0 Å². The van der Waals surface area contributed by atoms with Gasteiger partial charge in [-0.3, -0.25) is 9.59 Å². The lowest BCUT2D eigenvalue weighted by atomic mass is 9.97. The number of thioether (sulfide) groups is 1. The number of amides is 2. The van der Waals surface area contributed by atoms with E-state index in [1.165, 1.54) is 0 Å². The van der Waals surface area contributed by atoms with Crippen LogP contribution in [-0.2, 0) is 0 Å². The summed E-state index contributed by atoms with van der Waals surface area (Å²) in [6.07, 6.45) is 5.31. The number of nitrogens with zero attached hydrogens (tertiary/aromatic N) is 2. The van der Waals surface area contributed by atoms with Crippen molar-refractivity contribution in [2.45, 2.75) is 37.2 Å². The molecule has 2 amide bonds. The van der Waals surface area contributed by atoms with E-state index in [0.29, 0.717) is 11.1 Å². The average Bonchev–Trinajstić information content (AvgIpc) is 2.74. The Hall–Kier alpha value is -2.47. The molecular formula is C22H25N3O2S. The molecule has 0 aliphatic carbocycles. The zero-order valence-electron chi connectivity index (χ0n) is 16.3. The summed E-state index contributed by atoms with van der Waals surface area (Å²) in [6, 6.07) is 13.2. The molecule has 2 aromatic rings. The number of hydrogen-bond acceptors (Lipinski definition) is 4. The number of piperidine rings is 1. The van der Waals surface area contributed by atoms with Gasteiger partial charge in [0.1, 0.15) is 6.17 Å². The molecule has 2 aliphatic heterocycles. The van der Waals surface area contributed by atoms with Gasteiger partial charge in [0.15, 0.2) is 0 Å². The Morgan fingerprint density at radius 1 is 1.18 bits per heavy atom. The van der Waals surface area contributed by atoms with E-state index >= 15 is 0 Å². The first kappa shape index (κ1) is 18.9. The van der Waals surface area contributed by atoms with Crippen molar-refractivity contribution in [2.24, 2.45) is 0 Å². The Bertz CT molecular complexity index is 897. The first-order valence-corrected chi connectivity index (χ1v) is 11.0. The van der Waals surface area contributed by atoms with Crippen LogP contribution in [0.25, 0.3) is 0 Å². The molecule has 5 nitrogen and oxygen atoms in total. The molecule has 1 saturated heterocycles. The van der Waals surface area contributed by atoms with Crippen molar-refractivity contribution >= 4 is 35.0 Å². The molecule has 4 rings (SSSR count). The third-order valence-corrected chi connectivity index (χ3v) is 6.32. The maximum absolute atomic E-state index is 12.9. The Kier molecular flexibility index (Phi) is 5.31. The monoisotopic (exact) mass is 395 g/mol. The van der Waals surface area contributed by atoms with Gasteiger partial charge in [-0.2, -0.15) is 0 Å². The molecule has 1 fully saturated rings. The van der Waals surface area contributed by atoms with E-state index in [0.717, 1.165) is 48.6 Å². The fourth-order valence-corrected chi connectivity index (χ4v) is 4.55. The van der Waals surface area contributed by atoms with E-state index in [1.54, 1.807) is 23.9 Å². The molecule has 0 aromatic heterocycles. The van der Waals surface area contributed by atoms with Crippen LogP contribution in [0, 0.1) is 0 Å². The molecule has 0 saturated carbocycles. The fraction of sp³-hybridized carbons (Fsp3) is 0.364. The second kappa shape index (κ2) is 7.87. The molecule has 6 heteroatoms. The van der Waals surface area contributed by atoms with Crippen LogP contribution in [0.3, 0.4) is 0 Å². The minimum atomic E-state index is -0.158. The van der Waals surface area contributed by atoms with Crippen LogP contribution < -0.4 is 10.2 Å². The number of anilines is 2. The van der Waals surface area contributed by atoms with Crippen molar-refractivity contribution in [1.82, 2.24) is 4.90 Å². The molecule has 146 valence electrons. The summed E-state index contributed by atoms with van der Waals surface area (Å²) < 4.78 is 0. The summed E-state index contributed by atoms with van der Waals surface area (Å²) >= 11 is 1.67. The van der Waals surface area contributed by atoms with Crippen LogP contribution in [0.15, 0.2) is 47.4 Å². The number of rotatable bonds is 4. The van der Waals surface area contributed by atoms with Crippen molar-refractivity contribution in [3.63, 3.8) is 0 Å². The van der Waals surface area contributed by atoms with Crippen LogP contribution >= 0.6 is 11.8 Å². The third kappa shape index (κ3) is 3.37. The van der Waals surface area contributed by atoms with E-state index in [4.69, 9.17) is 0 Å². The standard InChI is InChI=1S/C22H25N3O2S/c1-3-24-19-14-15(21(26)23-16-8-10-17(28-2)11-9-16)7-12-18(19)22(27)25-13-5-4-6-20(24)25/h7-12,14,20H,3-6,13H2,1-2H3,(H,23,26). The Morgan fingerprint density at radius 2 is 1.96 bits per heavy atom. The zero-order chi connectivity index (χ0) is 19.7. The Balaban J connectivity index is 1.62. The zero-order valence-corrected chi connectivity index (χ0v) is 17.1. The molecule has 2 heterocycles. The van der Waals surface area contributed by atoms with E-state index in [9.17, 15) is 9.59 Å². The summed E-state index contributed by atoms with van der Waals surface area (Å²) in [5.41, 5.74) is 2.91. The maximum atomic E-state index is 12.9. The fourth-order valence-electron chi connectivity index (χ4n) is 4.14. The first-order chi connectivity index (χ1) is 13.6. The van der Waals surface area contributed by atoms with E-state index in [-0.39, 0.29) is 18.0 Å². The second-order valence-corrected chi connectivity index (χ2v) is 8.06. The Morgan fingerprint density at radius 3 is 2.68 bits per heavy atom. The van der Waals surface area contributed by atoms with Crippen LogP contribution in [0.5, 0.6) is 0 Å². The van der Waals surface area contributed by atoms with E-state index < -0.39 is 0 Å². The van der Waals surface area contributed by atoms with Crippen LogP contribution in [0.4, 0.5) is 11.4 Å². The topological polar surface area (TPSA) is 52.7 Å². The highest BCUT2D eigenvalue weighted by atomic mass is 32.2. The van der Waals surface area contributed by atoms with Gasteiger partial charge in [0, 0.05) is 29.2 Å². The minimum absolute atomic E-state index is 0.0870. The summed E-state index contributed by atoms with van der Waals surface area (Å²) in [5, 5.41) is 2.95. The van der Waals surface area contributed by atoms with Crippen molar-refractivity contribution < 1.29 is 9.59 Å². The predicted molar refractivity (Wildman–Crippen MR) is 114 cm³/mol. The molecular weight excluding hydrogens is 370 g/mol. The predicted octanol–water partition coefficient (Wildman–Crippen LogP) is 4.45. The average molecular weight is 396 g/mol. The molecule has 0 bridgehead atoms. The molecule has 1 unspecified atom stereocenters. The number of carbonyl (C=O) groups is 2. The molecule has 0 spiro atoms. The van der Waals surface area contributed by atoms with Gasteiger partial charge in [-0.05, 0) is 74.9 Å². The number of nitrogens with one attached hydrogen (secondary N) is 1. The molecule has 2 aliphatic rings. The highest BCUT2D eigenvalue weighted by molar-refractivity contribution is 7.98. The summed E-state index contributed by atoms with van der Waals surface area (Å²) in [6.45, 7) is 3.72. The normalized spacial score (nSPS) is 18.5. The van der Waals surface area contributed by atoms with Gasteiger partial charge in [0.05, 0.1) is 11.3 Å². The van der Waals surface area contributed by atoms with Gasteiger partial charge < -0.3 is 15.1 Å². The van der Waals surface area contributed by atoms with Gasteiger partial charge in [0.25, 0.3) is 11.8 Å². The molecule has 2 aromatic carbocycles. The second-order valence-electron chi connectivity index (χ2n) is 7.18. The van der Waals surface area contributed by atoms with Crippen molar-refractivity contribution in [2.75, 3.05) is 29.6 Å². The van der Waals surface area contributed by atoms with Crippen LogP contribution in [0.2, 0.25) is 0 Å². The third-order valence-electron chi connectivity index (χ3n) is 5.58. The van der Waals surface area contributed by atoms with Crippen molar-refractivity contribution in [3.05, 3.63) is 53.6 Å². The van der Waals surface area contributed by atoms with Crippen molar-refractivity contribution in [3.8, 4) is 0 Å². The molecule has 1 atom stereocenters. The van der Waals surface area contributed by atoms with Crippen LogP contribution in [-0.4, -0.2) is 42.2 Å². The maximum Gasteiger partial charge on any atom is 0.257 e. The van der Waals surface area contributed by atoms with E-state index in [2.05, 4.69) is 17.1 Å². The number of carbonyl (C=O) groups excluding carboxylic acids is 2.